The first kappa shape index (κ1) is 11.5. The van der Waals surface area contributed by atoms with E-state index in [-0.39, 0.29) is 6.04 Å². The Morgan fingerprint density at radius 2 is 1.93 bits per heavy atom. The Bertz CT molecular complexity index is 289. The Morgan fingerprint density at radius 1 is 1.29 bits per heavy atom. The molecule has 14 heavy (non-hydrogen) atoms. The molecule has 0 fully saturated rings. The molecule has 1 unspecified atom stereocenters. The van der Waals surface area contributed by atoms with Crippen molar-refractivity contribution in [2.24, 2.45) is 5.73 Å². The van der Waals surface area contributed by atoms with Crippen molar-refractivity contribution in [1.29, 1.82) is 0 Å². The van der Waals surface area contributed by atoms with Crippen LogP contribution in [0.5, 0.6) is 0 Å². The van der Waals surface area contributed by atoms with Crippen LogP contribution in [0.15, 0.2) is 24.3 Å². The van der Waals surface area contributed by atoms with Crippen LogP contribution >= 0.6 is 11.6 Å². The molecule has 0 aliphatic rings. The summed E-state index contributed by atoms with van der Waals surface area (Å²) in [4.78, 5) is 0. The predicted octanol–water partition coefficient (Wildman–Crippen LogP) is 1.96. The molecule has 1 atom stereocenters. The van der Waals surface area contributed by atoms with E-state index in [9.17, 15) is 0 Å². The molecule has 3 nitrogen and oxygen atoms in total. The summed E-state index contributed by atoms with van der Waals surface area (Å²) in [5, 5.41) is 0.656. The van der Waals surface area contributed by atoms with Crippen LogP contribution < -0.4 is 5.73 Å². The van der Waals surface area contributed by atoms with Gasteiger partial charge in [0.2, 0.25) is 0 Å². The number of hydrogen-bond acceptors (Lipinski definition) is 3. The monoisotopic (exact) mass is 215 g/mol. The summed E-state index contributed by atoms with van der Waals surface area (Å²) in [6.07, 6.45) is -0.450. The summed E-state index contributed by atoms with van der Waals surface area (Å²) in [7, 11) is 3.11. The van der Waals surface area contributed by atoms with Gasteiger partial charge in [0.25, 0.3) is 0 Å². The zero-order chi connectivity index (χ0) is 10.6. The van der Waals surface area contributed by atoms with E-state index in [0.717, 1.165) is 5.56 Å². The molecule has 4 heteroatoms. The lowest BCUT2D eigenvalue weighted by atomic mass is 10.1. The van der Waals surface area contributed by atoms with Crippen LogP contribution in [0, 0.1) is 0 Å². The van der Waals surface area contributed by atoms with Gasteiger partial charge in [-0.05, 0) is 17.7 Å². The average molecular weight is 216 g/mol. The second-order valence-electron chi connectivity index (χ2n) is 2.92. The van der Waals surface area contributed by atoms with E-state index >= 15 is 0 Å². The van der Waals surface area contributed by atoms with E-state index in [1.165, 1.54) is 0 Å². The molecule has 0 saturated heterocycles. The summed E-state index contributed by atoms with van der Waals surface area (Å²) < 4.78 is 10.1. The smallest absolute Gasteiger partial charge is 0.175 e. The lowest BCUT2D eigenvalue weighted by Gasteiger charge is -2.21. The minimum Gasteiger partial charge on any atom is -0.354 e. The van der Waals surface area contributed by atoms with Crippen molar-refractivity contribution in [3.05, 3.63) is 34.9 Å². The highest BCUT2D eigenvalue weighted by molar-refractivity contribution is 6.30. The second kappa shape index (κ2) is 5.32. The van der Waals surface area contributed by atoms with Crippen LogP contribution in [-0.4, -0.2) is 20.5 Å². The fourth-order valence-corrected chi connectivity index (χ4v) is 1.46. The molecule has 0 radical (unpaired) electrons. The maximum absolute atomic E-state index is 5.92. The summed E-state index contributed by atoms with van der Waals surface area (Å²) in [6, 6.07) is 7.01. The third-order valence-electron chi connectivity index (χ3n) is 1.99. The van der Waals surface area contributed by atoms with Crippen molar-refractivity contribution in [3.63, 3.8) is 0 Å². The Kier molecular flexibility index (Phi) is 4.35. The van der Waals surface area contributed by atoms with Gasteiger partial charge in [-0.3, -0.25) is 0 Å². The number of benzene rings is 1. The highest BCUT2D eigenvalue weighted by Crippen LogP contribution is 2.20. The molecular weight excluding hydrogens is 202 g/mol. The van der Waals surface area contributed by atoms with Crippen LogP contribution in [0.1, 0.15) is 11.6 Å². The van der Waals surface area contributed by atoms with E-state index in [1.54, 1.807) is 26.4 Å². The number of halogens is 1. The van der Waals surface area contributed by atoms with E-state index in [4.69, 9.17) is 26.8 Å². The Hall–Kier alpha value is -0.610. The number of ether oxygens (including phenoxy) is 2. The molecule has 0 saturated carbocycles. The van der Waals surface area contributed by atoms with E-state index in [0.29, 0.717) is 5.02 Å². The lowest BCUT2D eigenvalue weighted by molar-refractivity contribution is -0.117. The maximum Gasteiger partial charge on any atom is 0.175 e. The summed E-state index contributed by atoms with van der Waals surface area (Å²) in [6.45, 7) is 0. The highest BCUT2D eigenvalue weighted by atomic mass is 35.5. The Morgan fingerprint density at radius 3 is 2.43 bits per heavy atom. The van der Waals surface area contributed by atoms with Gasteiger partial charge in [0.15, 0.2) is 6.29 Å². The van der Waals surface area contributed by atoms with Gasteiger partial charge in [-0.1, -0.05) is 23.7 Å². The molecule has 0 heterocycles. The third-order valence-corrected chi connectivity index (χ3v) is 2.23. The van der Waals surface area contributed by atoms with Gasteiger partial charge in [0.05, 0.1) is 6.04 Å². The quantitative estimate of drug-likeness (QED) is 0.781. The van der Waals surface area contributed by atoms with Crippen molar-refractivity contribution in [2.45, 2.75) is 12.3 Å². The molecule has 78 valence electrons. The first-order chi connectivity index (χ1) is 6.69. The third kappa shape index (κ3) is 2.69. The minimum absolute atomic E-state index is 0.330. The topological polar surface area (TPSA) is 44.5 Å². The molecule has 0 aromatic heterocycles. The number of hydrogen-bond donors (Lipinski definition) is 1. The van der Waals surface area contributed by atoms with Crippen molar-refractivity contribution in [1.82, 2.24) is 0 Å². The molecule has 1 rings (SSSR count). The predicted molar refractivity (Wildman–Crippen MR) is 56.2 cm³/mol. The standard InChI is InChI=1S/C10H14ClNO2/c1-13-10(14-2)9(12)7-4-3-5-8(11)6-7/h3-6,9-10H,12H2,1-2H3. The maximum atomic E-state index is 5.92. The summed E-state index contributed by atoms with van der Waals surface area (Å²) >= 11 is 5.84. The second-order valence-corrected chi connectivity index (χ2v) is 3.36. The van der Waals surface area contributed by atoms with E-state index in [2.05, 4.69) is 0 Å². The normalized spacial score (nSPS) is 13.2. The molecule has 0 bridgehead atoms. The molecule has 0 amide bonds. The lowest BCUT2D eigenvalue weighted by Crippen LogP contribution is -2.29. The van der Waals surface area contributed by atoms with Crippen molar-refractivity contribution in [3.8, 4) is 0 Å². The van der Waals surface area contributed by atoms with Gasteiger partial charge >= 0.3 is 0 Å². The molecule has 2 N–H and O–H groups in total. The van der Waals surface area contributed by atoms with Crippen LogP contribution in [0.3, 0.4) is 0 Å². The van der Waals surface area contributed by atoms with Crippen molar-refractivity contribution < 1.29 is 9.47 Å². The van der Waals surface area contributed by atoms with Gasteiger partial charge in [0.1, 0.15) is 0 Å². The average Bonchev–Trinajstić information content (AvgIpc) is 2.19. The highest BCUT2D eigenvalue weighted by Gasteiger charge is 2.18. The van der Waals surface area contributed by atoms with Gasteiger partial charge in [0, 0.05) is 19.2 Å². The van der Waals surface area contributed by atoms with Gasteiger partial charge in [-0.2, -0.15) is 0 Å². The van der Waals surface area contributed by atoms with Crippen molar-refractivity contribution in [2.75, 3.05) is 14.2 Å². The largest absolute Gasteiger partial charge is 0.354 e. The molecule has 1 aromatic rings. The molecule has 0 spiro atoms. The van der Waals surface area contributed by atoms with E-state index in [1.807, 2.05) is 12.1 Å². The fraction of sp³-hybridized carbons (Fsp3) is 0.400. The van der Waals surface area contributed by atoms with Crippen LogP contribution in [0.4, 0.5) is 0 Å². The molecule has 0 aliphatic heterocycles. The first-order valence-corrected chi connectivity index (χ1v) is 4.63. The number of nitrogens with two attached hydrogens (primary N) is 1. The van der Waals surface area contributed by atoms with Crippen molar-refractivity contribution >= 4 is 11.6 Å². The van der Waals surface area contributed by atoms with Gasteiger partial charge in [-0.25, -0.2) is 0 Å². The Balaban J connectivity index is 2.82. The molecular formula is C10H14ClNO2. The Labute approximate surface area is 88.8 Å². The summed E-state index contributed by atoms with van der Waals surface area (Å²) in [5.41, 5.74) is 6.82. The zero-order valence-electron chi connectivity index (χ0n) is 8.24. The first-order valence-electron chi connectivity index (χ1n) is 4.25. The van der Waals surface area contributed by atoms with Crippen LogP contribution in [0.2, 0.25) is 5.02 Å². The number of methoxy groups -OCH3 is 2. The van der Waals surface area contributed by atoms with Crippen LogP contribution in [0.25, 0.3) is 0 Å². The fourth-order valence-electron chi connectivity index (χ4n) is 1.26. The van der Waals surface area contributed by atoms with E-state index < -0.39 is 6.29 Å². The SMILES string of the molecule is COC(OC)C(N)c1cccc(Cl)c1. The van der Waals surface area contributed by atoms with Gasteiger partial charge < -0.3 is 15.2 Å². The summed E-state index contributed by atoms with van der Waals surface area (Å²) in [5.74, 6) is 0. The number of rotatable bonds is 4. The molecule has 0 aliphatic carbocycles. The molecule has 1 aromatic carbocycles. The van der Waals surface area contributed by atoms with Gasteiger partial charge in [-0.15, -0.1) is 0 Å². The van der Waals surface area contributed by atoms with Crippen LogP contribution in [-0.2, 0) is 9.47 Å². The zero-order valence-corrected chi connectivity index (χ0v) is 8.99. The minimum atomic E-state index is -0.450.